The Balaban J connectivity index is 2.64. The summed E-state index contributed by atoms with van der Waals surface area (Å²) in [5, 5.41) is 9.61. The van der Waals surface area contributed by atoms with E-state index in [-0.39, 0.29) is 11.8 Å². The van der Waals surface area contributed by atoms with Gasteiger partial charge in [-0.1, -0.05) is 13.8 Å². The van der Waals surface area contributed by atoms with E-state index >= 15 is 0 Å². The summed E-state index contributed by atoms with van der Waals surface area (Å²) < 4.78 is 0. The number of aryl methyl sites for hydroxylation is 1. The summed E-state index contributed by atoms with van der Waals surface area (Å²) in [6, 6.07) is 0. The van der Waals surface area contributed by atoms with Crippen LogP contribution >= 0.6 is 0 Å². The van der Waals surface area contributed by atoms with Crippen molar-refractivity contribution in [3.8, 4) is 5.88 Å². The molecule has 0 radical (unpaired) electrons. The number of aromatic hydroxyl groups is 1. The third-order valence-corrected chi connectivity index (χ3v) is 2.49. The number of aromatic nitrogens is 1. The van der Waals surface area contributed by atoms with E-state index in [1.54, 1.807) is 0 Å². The molecule has 2 N–H and O–H groups in total. The van der Waals surface area contributed by atoms with Crippen LogP contribution in [0.1, 0.15) is 41.9 Å². The quantitative estimate of drug-likeness (QED) is 0.748. The zero-order valence-electron chi connectivity index (χ0n) is 8.22. The Kier molecular flexibility index (Phi) is 1.91. The highest BCUT2D eigenvalue weighted by Crippen LogP contribution is 2.31. The molecule has 0 unspecified atom stereocenters. The Morgan fingerprint density at radius 3 is 2.57 bits per heavy atom. The van der Waals surface area contributed by atoms with Crippen molar-refractivity contribution in [2.24, 2.45) is 4.99 Å². The van der Waals surface area contributed by atoms with Gasteiger partial charge in [0, 0.05) is 5.69 Å². The second-order valence-electron chi connectivity index (χ2n) is 3.27. The molecule has 0 saturated heterocycles. The maximum atomic E-state index is 11.5. The number of fused-ring (bicyclic) bond motifs is 1. The molecule has 0 atom stereocenters. The molecule has 1 amide bonds. The van der Waals surface area contributed by atoms with Crippen LogP contribution in [-0.2, 0) is 6.42 Å². The van der Waals surface area contributed by atoms with Crippen LogP contribution in [0.5, 0.6) is 5.88 Å². The number of carbonyl (C=O) groups is 1. The predicted molar refractivity (Wildman–Crippen MR) is 53.0 cm³/mol. The second kappa shape index (κ2) is 2.97. The van der Waals surface area contributed by atoms with E-state index in [2.05, 4.69) is 9.98 Å². The van der Waals surface area contributed by atoms with E-state index < -0.39 is 0 Å². The van der Waals surface area contributed by atoms with E-state index in [0.717, 1.165) is 5.69 Å². The lowest BCUT2D eigenvalue weighted by Crippen LogP contribution is -1.94. The average molecular weight is 192 g/mol. The summed E-state index contributed by atoms with van der Waals surface area (Å²) in [6.07, 6.45) is 1.36. The van der Waals surface area contributed by atoms with E-state index in [0.29, 0.717) is 29.7 Å². The summed E-state index contributed by atoms with van der Waals surface area (Å²) >= 11 is 0. The molecule has 0 bridgehead atoms. The Labute approximate surface area is 81.7 Å². The van der Waals surface area contributed by atoms with E-state index in [9.17, 15) is 9.90 Å². The molecule has 2 rings (SSSR count). The van der Waals surface area contributed by atoms with Crippen molar-refractivity contribution in [2.45, 2.75) is 26.7 Å². The summed E-state index contributed by atoms with van der Waals surface area (Å²) in [6.45, 7) is 3.85. The zero-order chi connectivity index (χ0) is 10.3. The van der Waals surface area contributed by atoms with E-state index in [1.165, 1.54) is 0 Å². The molecule has 4 heteroatoms. The van der Waals surface area contributed by atoms with E-state index in [1.807, 2.05) is 13.8 Å². The van der Waals surface area contributed by atoms with Gasteiger partial charge in [-0.2, -0.15) is 0 Å². The molecular weight excluding hydrogens is 180 g/mol. The lowest BCUT2D eigenvalue weighted by Gasteiger charge is -1.93. The standard InChI is InChI=1S/C10H12N2O2/c1-3-5-7-8(10(14)11-5)6(4-2)12-9(7)13/h11,14H,3-4H2,1-2H3. The molecule has 1 aromatic rings. The van der Waals surface area contributed by atoms with Gasteiger partial charge in [0.15, 0.2) is 5.88 Å². The summed E-state index contributed by atoms with van der Waals surface area (Å²) in [4.78, 5) is 18.2. The van der Waals surface area contributed by atoms with Crippen molar-refractivity contribution in [1.82, 2.24) is 4.98 Å². The third-order valence-electron chi connectivity index (χ3n) is 2.49. The highest BCUT2D eigenvalue weighted by Gasteiger charge is 2.30. The van der Waals surface area contributed by atoms with Crippen molar-refractivity contribution in [1.29, 1.82) is 0 Å². The number of nitrogens with one attached hydrogen (secondary N) is 1. The predicted octanol–water partition coefficient (Wildman–Crippen LogP) is 1.64. The molecule has 1 aliphatic rings. The van der Waals surface area contributed by atoms with Gasteiger partial charge in [-0.05, 0) is 12.8 Å². The fraction of sp³-hybridized carbons (Fsp3) is 0.400. The van der Waals surface area contributed by atoms with Crippen LogP contribution in [0.25, 0.3) is 0 Å². The molecule has 0 aliphatic carbocycles. The Morgan fingerprint density at radius 1 is 1.29 bits per heavy atom. The largest absolute Gasteiger partial charge is 0.494 e. The first-order valence-electron chi connectivity index (χ1n) is 4.75. The first-order valence-corrected chi connectivity index (χ1v) is 4.75. The topological polar surface area (TPSA) is 65.5 Å². The van der Waals surface area contributed by atoms with Crippen LogP contribution in [0.4, 0.5) is 0 Å². The minimum atomic E-state index is -0.231. The number of aromatic amines is 1. The van der Waals surface area contributed by atoms with Crippen molar-refractivity contribution in [3.05, 3.63) is 16.8 Å². The molecule has 1 aliphatic heterocycles. The molecule has 2 heterocycles. The van der Waals surface area contributed by atoms with Gasteiger partial charge in [0.25, 0.3) is 5.91 Å². The highest BCUT2D eigenvalue weighted by molar-refractivity contribution is 6.23. The third kappa shape index (κ3) is 0.999. The molecule has 0 fully saturated rings. The second-order valence-corrected chi connectivity index (χ2v) is 3.27. The Bertz CT molecular complexity index is 430. The van der Waals surface area contributed by atoms with Gasteiger partial charge in [0.1, 0.15) is 0 Å². The Morgan fingerprint density at radius 2 is 2.00 bits per heavy atom. The summed E-state index contributed by atoms with van der Waals surface area (Å²) in [7, 11) is 0. The maximum Gasteiger partial charge on any atom is 0.279 e. The van der Waals surface area contributed by atoms with Gasteiger partial charge in [0.05, 0.1) is 16.8 Å². The highest BCUT2D eigenvalue weighted by atomic mass is 16.3. The van der Waals surface area contributed by atoms with Gasteiger partial charge >= 0.3 is 0 Å². The van der Waals surface area contributed by atoms with E-state index in [4.69, 9.17) is 0 Å². The number of nitrogens with zero attached hydrogens (tertiary/aromatic N) is 1. The SMILES string of the molecule is CCC1=NC(=O)c2c(CC)[nH]c(O)c21. The number of rotatable bonds is 2. The van der Waals surface area contributed by atoms with Crippen LogP contribution in [-0.4, -0.2) is 21.7 Å². The minimum Gasteiger partial charge on any atom is -0.494 e. The first-order chi connectivity index (χ1) is 6.69. The molecule has 0 spiro atoms. The monoisotopic (exact) mass is 192 g/mol. The fourth-order valence-electron chi connectivity index (χ4n) is 1.81. The molecule has 14 heavy (non-hydrogen) atoms. The van der Waals surface area contributed by atoms with Crippen molar-refractivity contribution in [2.75, 3.05) is 0 Å². The first kappa shape index (κ1) is 8.99. The molecule has 4 nitrogen and oxygen atoms in total. The lowest BCUT2D eigenvalue weighted by atomic mass is 10.1. The minimum absolute atomic E-state index is 0.0725. The van der Waals surface area contributed by atoms with Crippen molar-refractivity contribution < 1.29 is 9.90 Å². The number of aliphatic imine (C=N–C) groups is 1. The molecular formula is C10H12N2O2. The van der Waals surface area contributed by atoms with Crippen LogP contribution in [0, 0.1) is 0 Å². The molecule has 1 aromatic heterocycles. The Hall–Kier alpha value is -1.58. The van der Waals surface area contributed by atoms with Crippen LogP contribution in [0.3, 0.4) is 0 Å². The van der Waals surface area contributed by atoms with Gasteiger partial charge in [-0.3, -0.25) is 4.79 Å². The van der Waals surface area contributed by atoms with Crippen LogP contribution in [0.15, 0.2) is 4.99 Å². The number of carbonyl (C=O) groups excluding carboxylic acids is 1. The van der Waals surface area contributed by atoms with Gasteiger partial charge in [-0.15, -0.1) is 0 Å². The summed E-state index contributed by atoms with van der Waals surface area (Å²) in [5.41, 5.74) is 2.62. The number of H-pyrrole nitrogens is 1. The van der Waals surface area contributed by atoms with Gasteiger partial charge in [0.2, 0.25) is 0 Å². The number of hydrogen-bond donors (Lipinski definition) is 2. The number of hydrogen-bond acceptors (Lipinski definition) is 2. The zero-order valence-corrected chi connectivity index (χ0v) is 8.22. The van der Waals surface area contributed by atoms with Crippen molar-refractivity contribution in [3.63, 3.8) is 0 Å². The van der Waals surface area contributed by atoms with Gasteiger partial charge < -0.3 is 10.1 Å². The molecule has 0 saturated carbocycles. The van der Waals surface area contributed by atoms with Crippen LogP contribution in [0.2, 0.25) is 0 Å². The maximum absolute atomic E-state index is 11.5. The van der Waals surface area contributed by atoms with Gasteiger partial charge in [-0.25, -0.2) is 4.99 Å². The number of amides is 1. The van der Waals surface area contributed by atoms with Crippen molar-refractivity contribution >= 4 is 11.6 Å². The van der Waals surface area contributed by atoms with Crippen LogP contribution < -0.4 is 0 Å². The normalized spacial score (nSPS) is 14.4. The molecule has 74 valence electrons. The fourth-order valence-corrected chi connectivity index (χ4v) is 1.81. The smallest absolute Gasteiger partial charge is 0.279 e. The summed E-state index contributed by atoms with van der Waals surface area (Å²) in [5.74, 6) is -0.159. The average Bonchev–Trinajstić information content (AvgIpc) is 2.67. The molecule has 0 aromatic carbocycles. The lowest BCUT2D eigenvalue weighted by molar-refractivity contribution is 0.101.